The third-order valence-electron chi connectivity index (χ3n) is 5.84. The molecule has 0 heterocycles. The molecule has 0 aromatic heterocycles. The second kappa shape index (κ2) is 18.6. The first-order chi connectivity index (χ1) is 16.0. The van der Waals surface area contributed by atoms with Gasteiger partial charge in [-0.1, -0.05) is 64.3 Å². The van der Waals surface area contributed by atoms with E-state index in [0.717, 1.165) is 57.8 Å². The molecule has 0 spiro atoms. The van der Waals surface area contributed by atoms with Crippen molar-refractivity contribution < 1.29 is 20.4 Å². The van der Waals surface area contributed by atoms with Gasteiger partial charge in [0, 0.05) is 5.57 Å². The van der Waals surface area contributed by atoms with E-state index in [9.17, 15) is 0 Å². The van der Waals surface area contributed by atoms with E-state index in [2.05, 4.69) is 65.0 Å². The molecule has 0 aliphatic carbocycles. The van der Waals surface area contributed by atoms with Crippen LogP contribution in [0.2, 0.25) is 0 Å². The van der Waals surface area contributed by atoms with Gasteiger partial charge < -0.3 is 20.4 Å². The fourth-order valence-electron chi connectivity index (χ4n) is 3.53. The monoisotopic (exact) mass is 474 g/mol. The van der Waals surface area contributed by atoms with Crippen molar-refractivity contribution in [2.24, 2.45) is 0 Å². The van der Waals surface area contributed by atoms with E-state index in [1.54, 1.807) is 0 Å². The summed E-state index contributed by atoms with van der Waals surface area (Å²) in [7, 11) is 0. The Morgan fingerprint density at radius 3 is 1.15 bits per heavy atom. The highest BCUT2D eigenvalue weighted by Gasteiger charge is 2.23. The van der Waals surface area contributed by atoms with Crippen LogP contribution in [0.1, 0.15) is 106 Å². The van der Waals surface area contributed by atoms with Gasteiger partial charge in [-0.15, -0.1) is 0 Å². The molecule has 0 aromatic rings. The molecule has 34 heavy (non-hydrogen) atoms. The van der Waals surface area contributed by atoms with Crippen LogP contribution in [0.15, 0.2) is 69.9 Å². The van der Waals surface area contributed by atoms with Crippen molar-refractivity contribution in [2.75, 3.05) is 6.61 Å². The predicted molar refractivity (Wildman–Crippen MR) is 145 cm³/mol. The van der Waals surface area contributed by atoms with Gasteiger partial charge in [-0.05, 0) is 106 Å². The summed E-state index contributed by atoms with van der Waals surface area (Å²) in [5.74, 6) is -2.94. The zero-order valence-corrected chi connectivity index (χ0v) is 22.5. The Labute approximate surface area is 208 Å². The first kappa shape index (κ1) is 32.3. The topological polar surface area (TPSA) is 80.9 Å². The summed E-state index contributed by atoms with van der Waals surface area (Å²) in [6.07, 6.45) is 23.1. The molecule has 0 saturated carbocycles. The van der Waals surface area contributed by atoms with Crippen molar-refractivity contribution in [3.8, 4) is 0 Å². The Hall–Kier alpha value is -1.72. The van der Waals surface area contributed by atoms with Gasteiger partial charge in [0.2, 0.25) is 0 Å². The molecule has 0 radical (unpaired) electrons. The Morgan fingerprint density at radius 2 is 0.824 bits per heavy atom. The van der Waals surface area contributed by atoms with Crippen LogP contribution >= 0.6 is 0 Å². The Balaban J connectivity index is 4.20. The molecule has 4 nitrogen and oxygen atoms in total. The zero-order valence-electron chi connectivity index (χ0n) is 22.5. The minimum Gasteiger partial charge on any atom is -0.392 e. The van der Waals surface area contributed by atoms with Crippen LogP contribution in [0.25, 0.3) is 0 Å². The smallest absolute Gasteiger partial charge is 0.302 e. The normalized spacial score (nSPS) is 14.6. The lowest BCUT2D eigenvalue weighted by molar-refractivity contribution is -0.284. The predicted octanol–water partition coefficient (Wildman–Crippen LogP) is 7.19. The van der Waals surface area contributed by atoms with E-state index in [1.807, 2.05) is 6.92 Å². The lowest BCUT2D eigenvalue weighted by atomic mass is 10.0. The maximum absolute atomic E-state index is 9.12. The molecule has 0 amide bonds. The van der Waals surface area contributed by atoms with Gasteiger partial charge in [0.15, 0.2) is 0 Å². The number of aliphatic hydroxyl groups is 4. The van der Waals surface area contributed by atoms with Crippen molar-refractivity contribution in [2.45, 2.75) is 112 Å². The third-order valence-corrected chi connectivity index (χ3v) is 5.84. The number of allylic oxidation sites excluding steroid dienone is 11. The van der Waals surface area contributed by atoms with Crippen LogP contribution in [0.4, 0.5) is 0 Å². The second-order valence-electron chi connectivity index (χ2n) is 9.74. The van der Waals surface area contributed by atoms with Crippen LogP contribution in [-0.2, 0) is 0 Å². The van der Waals surface area contributed by atoms with E-state index in [0.29, 0.717) is 6.42 Å². The standard InChI is InChI=1S/C30H50O4/c1-24(2)13-9-16-27(5)19-10-17-25(3)14-7-8-15-26(4)18-11-20-28(6)21-12-22-29(23-31)30(32,33)34/h13-15,19-20,22,31-34H,7-12,16-18,21,23H2,1-6H3/b25-14-,26-15+,27-19-,28-20+,29-22-. The molecule has 0 aromatic carbocycles. The first-order valence-corrected chi connectivity index (χ1v) is 12.7. The molecule has 0 fully saturated rings. The van der Waals surface area contributed by atoms with Crippen LogP contribution < -0.4 is 0 Å². The van der Waals surface area contributed by atoms with Crippen molar-refractivity contribution in [3.05, 3.63) is 69.9 Å². The molecule has 0 bridgehead atoms. The number of unbranched alkanes of at least 4 members (excludes halogenated alkanes) is 1. The molecule has 0 unspecified atom stereocenters. The van der Waals surface area contributed by atoms with Crippen molar-refractivity contribution >= 4 is 0 Å². The highest BCUT2D eigenvalue weighted by Crippen LogP contribution is 2.16. The lowest BCUT2D eigenvalue weighted by Crippen LogP contribution is -2.31. The van der Waals surface area contributed by atoms with Gasteiger partial charge in [0.05, 0.1) is 6.61 Å². The van der Waals surface area contributed by atoms with E-state index in [-0.39, 0.29) is 5.57 Å². The molecule has 4 heteroatoms. The molecular weight excluding hydrogens is 424 g/mol. The summed E-state index contributed by atoms with van der Waals surface area (Å²) < 4.78 is 0. The molecule has 0 atom stereocenters. The first-order valence-electron chi connectivity index (χ1n) is 12.7. The Bertz CT molecular complexity index is 751. The van der Waals surface area contributed by atoms with Gasteiger partial charge in [0.25, 0.3) is 0 Å². The minimum absolute atomic E-state index is 0.190. The number of hydrogen-bond acceptors (Lipinski definition) is 4. The van der Waals surface area contributed by atoms with E-state index in [4.69, 9.17) is 20.4 Å². The maximum atomic E-state index is 9.12. The van der Waals surface area contributed by atoms with Gasteiger partial charge in [0.1, 0.15) is 0 Å². The molecule has 0 rings (SSSR count). The molecule has 0 aliphatic heterocycles. The Morgan fingerprint density at radius 1 is 0.500 bits per heavy atom. The van der Waals surface area contributed by atoms with Gasteiger partial charge in [-0.3, -0.25) is 0 Å². The summed E-state index contributed by atoms with van der Waals surface area (Å²) in [4.78, 5) is 0. The summed E-state index contributed by atoms with van der Waals surface area (Å²) in [5, 5.41) is 36.4. The lowest BCUT2D eigenvalue weighted by Gasteiger charge is -2.16. The van der Waals surface area contributed by atoms with Crippen molar-refractivity contribution in [1.29, 1.82) is 0 Å². The highest BCUT2D eigenvalue weighted by molar-refractivity contribution is 5.11. The van der Waals surface area contributed by atoms with E-state index >= 15 is 0 Å². The molecule has 0 saturated heterocycles. The molecule has 4 N–H and O–H groups in total. The highest BCUT2D eigenvalue weighted by atomic mass is 16.7. The van der Waals surface area contributed by atoms with E-state index < -0.39 is 12.6 Å². The summed E-state index contributed by atoms with van der Waals surface area (Å²) >= 11 is 0. The summed E-state index contributed by atoms with van der Waals surface area (Å²) in [6, 6.07) is 0. The van der Waals surface area contributed by atoms with Crippen molar-refractivity contribution in [3.63, 3.8) is 0 Å². The average molecular weight is 475 g/mol. The second-order valence-corrected chi connectivity index (χ2v) is 9.74. The van der Waals surface area contributed by atoms with E-state index in [1.165, 1.54) is 33.9 Å². The quantitative estimate of drug-likeness (QED) is 0.102. The maximum Gasteiger partial charge on any atom is 0.302 e. The molecule has 194 valence electrons. The van der Waals surface area contributed by atoms with Gasteiger partial charge >= 0.3 is 5.97 Å². The largest absolute Gasteiger partial charge is 0.392 e. The van der Waals surface area contributed by atoms with Crippen molar-refractivity contribution in [1.82, 2.24) is 0 Å². The van der Waals surface area contributed by atoms with Crippen LogP contribution in [0, 0.1) is 0 Å². The minimum atomic E-state index is -2.94. The Kier molecular flexibility index (Phi) is 17.6. The summed E-state index contributed by atoms with van der Waals surface area (Å²) in [5.41, 5.74) is 6.77. The fraction of sp³-hybridized carbons (Fsp3) is 0.600. The van der Waals surface area contributed by atoms with Gasteiger partial charge in [-0.2, -0.15) is 0 Å². The molecular formula is C30H50O4. The fourth-order valence-corrected chi connectivity index (χ4v) is 3.53. The molecule has 0 aliphatic rings. The van der Waals surface area contributed by atoms with Crippen LogP contribution in [0.3, 0.4) is 0 Å². The van der Waals surface area contributed by atoms with Gasteiger partial charge in [-0.25, -0.2) is 0 Å². The van der Waals surface area contributed by atoms with Crippen LogP contribution in [0.5, 0.6) is 0 Å². The SMILES string of the molecule is CC(C)=CCC/C(C)=C\CC/C(C)=C\CC/C=C(\C)CC/C=C(\C)CC/C=C(/CO)C(O)(O)O. The average Bonchev–Trinajstić information content (AvgIpc) is 2.73. The van der Waals surface area contributed by atoms with Crippen LogP contribution in [-0.4, -0.2) is 33.0 Å². The summed E-state index contributed by atoms with van der Waals surface area (Å²) in [6.45, 7) is 12.4. The number of rotatable bonds is 17. The zero-order chi connectivity index (χ0) is 26.0. The number of aliphatic hydroxyl groups excluding tert-OH is 1. The number of hydrogen-bond donors (Lipinski definition) is 4. The third kappa shape index (κ3) is 18.7.